The molecule has 4 heteroatoms. The van der Waals surface area contributed by atoms with Gasteiger partial charge in [-0.1, -0.05) is 18.2 Å². The van der Waals surface area contributed by atoms with Gasteiger partial charge < -0.3 is 9.84 Å². The van der Waals surface area contributed by atoms with E-state index in [0.717, 1.165) is 11.1 Å². The van der Waals surface area contributed by atoms with E-state index in [2.05, 4.69) is 0 Å². The summed E-state index contributed by atoms with van der Waals surface area (Å²) >= 11 is 0. The molecule has 0 fully saturated rings. The van der Waals surface area contributed by atoms with E-state index >= 15 is 0 Å². The van der Waals surface area contributed by atoms with Gasteiger partial charge in [-0.3, -0.25) is 0 Å². The van der Waals surface area contributed by atoms with Gasteiger partial charge in [0.15, 0.2) is 0 Å². The van der Waals surface area contributed by atoms with E-state index < -0.39 is 5.97 Å². The maximum absolute atomic E-state index is 13.8. The lowest BCUT2D eigenvalue weighted by Crippen LogP contribution is -2.08. The van der Waals surface area contributed by atoms with Crippen LogP contribution in [0, 0.1) is 5.82 Å². The molecule has 96 valence electrons. The second-order valence-electron chi connectivity index (χ2n) is 4.41. The maximum Gasteiger partial charge on any atom is 0.372 e. The average molecular weight is 258 g/mol. The Morgan fingerprint density at radius 3 is 2.68 bits per heavy atom. The monoisotopic (exact) mass is 258 g/mol. The Morgan fingerprint density at radius 2 is 1.95 bits per heavy atom. The lowest BCUT2D eigenvalue weighted by molar-refractivity contribution is -0.135. The molecule has 1 aliphatic carbocycles. The molecule has 0 amide bonds. The summed E-state index contributed by atoms with van der Waals surface area (Å²) < 4.78 is 18.9. The van der Waals surface area contributed by atoms with Gasteiger partial charge in [-0.05, 0) is 36.1 Å². The Labute approximate surface area is 109 Å². The molecule has 0 radical (unpaired) electrons. The van der Waals surface area contributed by atoms with E-state index in [1.165, 1.54) is 12.3 Å². The van der Waals surface area contributed by atoms with Crippen LogP contribution in [0.2, 0.25) is 0 Å². The molecule has 0 unspecified atom stereocenters. The number of carbonyl (C=O) groups is 1. The summed E-state index contributed by atoms with van der Waals surface area (Å²) in [7, 11) is 0. The zero-order valence-corrected chi connectivity index (χ0v) is 10.0. The van der Waals surface area contributed by atoms with Crippen molar-refractivity contribution >= 4 is 11.5 Å². The second kappa shape index (κ2) is 4.39. The number of halogens is 1. The molecule has 1 aromatic rings. The molecule has 2 aliphatic rings. The zero-order valence-electron chi connectivity index (χ0n) is 10.0. The summed E-state index contributed by atoms with van der Waals surface area (Å²) in [5, 5.41) is 9.08. The minimum absolute atomic E-state index is 0.0520. The fourth-order valence-corrected chi connectivity index (χ4v) is 2.54. The van der Waals surface area contributed by atoms with Crippen molar-refractivity contribution in [3.8, 4) is 0 Å². The number of rotatable bonds is 2. The fraction of sp³-hybridized carbons (Fsp3) is 0.133. The van der Waals surface area contributed by atoms with E-state index in [-0.39, 0.29) is 11.6 Å². The lowest BCUT2D eigenvalue weighted by atomic mass is 9.99. The Bertz CT molecular complexity index is 653. The van der Waals surface area contributed by atoms with Crippen LogP contribution < -0.4 is 0 Å². The van der Waals surface area contributed by atoms with Gasteiger partial charge in [0.1, 0.15) is 5.82 Å². The van der Waals surface area contributed by atoms with E-state index in [9.17, 15) is 9.18 Å². The predicted molar refractivity (Wildman–Crippen MR) is 67.4 cm³/mol. The molecule has 0 spiro atoms. The average Bonchev–Trinajstić information content (AvgIpc) is 2.82. The Balaban J connectivity index is 2.16. The molecule has 1 aromatic carbocycles. The first kappa shape index (κ1) is 11.7. The summed E-state index contributed by atoms with van der Waals surface area (Å²) in [5.74, 6) is -1.43. The molecule has 0 bridgehead atoms. The number of hydrogen-bond donors (Lipinski definition) is 1. The molecule has 0 saturated heterocycles. The van der Waals surface area contributed by atoms with Crippen LogP contribution in [-0.2, 0) is 9.53 Å². The Morgan fingerprint density at radius 1 is 1.21 bits per heavy atom. The second-order valence-corrected chi connectivity index (χ2v) is 4.41. The number of ether oxygens (including phenoxy) is 1. The zero-order chi connectivity index (χ0) is 13.4. The largest absolute Gasteiger partial charge is 0.475 e. The van der Waals surface area contributed by atoms with Gasteiger partial charge in [0.05, 0.1) is 6.26 Å². The molecule has 1 heterocycles. The summed E-state index contributed by atoms with van der Waals surface area (Å²) in [6.07, 6.45) is 4.23. The smallest absolute Gasteiger partial charge is 0.372 e. The molecular formula is C15H11FO3. The third-order valence-electron chi connectivity index (χ3n) is 3.36. The molecule has 19 heavy (non-hydrogen) atoms. The molecule has 1 aliphatic heterocycles. The van der Waals surface area contributed by atoms with Gasteiger partial charge in [0.25, 0.3) is 0 Å². The van der Waals surface area contributed by atoms with Gasteiger partial charge in [0.2, 0.25) is 5.76 Å². The van der Waals surface area contributed by atoms with E-state index in [0.29, 0.717) is 24.0 Å². The number of fused-ring (bicyclic) bond motifs is 1. The van der Waals surface area contributed by atoms with Crippen molar-refractivity contribution in [3.05, 3.63) is 64.9 Å². The van der Waals surface area contributed by atoms with Crippen LogP contribution in [0.25, 0.3) is 5.57 Å². The number of allylic oxidation sites excluding steroid dienone is 4. The highest BCUT2D eigenvalue weighted by atomic mass is 19.1. The van der Waals surface area contributed by atoms with Crippen molar-refractivity contribution in [2.45, 2.75) is 12.8 Å². The van der Waals surface area contributed by atoms with E-state index in [4.69, 9.17) is 9.84 Å². The van der Waals surface area contributed by atoms with Crippen molar-refractivity contribution in [3.63, 3.8) is 0 Å². The highest BCUT2D eigenvalue weighted by molar-refractivity contribution is 5.90. The fourth-order valence-electron chi connectivity index (χ4n) is 2.54. The SMILES string of the molecule is O=C(O)C1=C2CCC(c3ccccc3F)=C2C=CO1. The van der Waals surface area contributed by atoms with Crippen LogP contribution in [-0.4, -0.2) is 11.1 Å². The van der Waals surface area contributed by atoms with Crippen molar-refractivity contribution in [1.82, 2.24) is 0 Å². The normalized spacial score (nSPS) is 17.5. The Kier molecular flexibility index (Phi) is 2.71. The predicted octanol–water partition coefficient (Wildman–Crippen LogP) is 3.26. The maximum atomic E-state index is 13.8. The van der Waals surface area contributed by atoms with Crippen LogP contribution in [0.1, 0.15) is 18.4 Å². The highest BCUT2D eigenvalue weighted by Crippen LogP contribution is 2.42. The standard InChI is InChI=1S/C15H11FO3/c16-13-4-2-1-3-11(13)9-5-6-12-10(9)7-8-19-14(12)15(17)18/h1-4,7-8H,5-6H2,(H,17,18). The molecule has 0 saturated carbocycles. The highest BCUT2D eigenvalue weighted by Gasteiger charge is 2.29. The summed E-state index contributed by atoms with van der Waals surface area (Å²) in [6.45, 7) is 0. The first-order valence-corrected chi connectivity index (χ1v) is 5.96. The summed E-state index contributed by atoms with van der Waals surface area (Å²) in [5.41, 5.74) is 2.79. The molecule has 3 rings (SSSR count). The van der Waals surface area contributed by atoms with Crippen LogP contribution in [0.5, 0.6) is 0 Å². The van der Waals surface area contributed by atoms with Gasteiger partial charge >= 0.3 is 5.97 Å². The molecular weight excluding hydrogens is 247 g/mol. The van der Waals surface area contributed by atoms with Gasteiger partial charge in [-0.25, -0.2) is 9.18 Å². The van der Waals surface area contributed by atoms with Crippen molar-refractivity contribution < 1.29 is 19.0 Å². The van der Waals surface area contributed by atoms with Crippen LogP contribution in [0.15, 0.2) is 53.5 Å². The summed E-state index contributed by atoms with van der Waals surface area (Å²) in [4.78, 5) is 11.1. The first-order chi connectivity index (χ1) is 9.18. The van der Waals surface area contributed by atoms with Crippen LogP contribution in [0.4, 0.5) is 4.39 Å². The minimum Gasteiger partial charge on any atom is -0.475 e. The Hall–Kier alpha value is -2.36. The number of hydrogen-bond acceptors (Lipinski definition) is 2. The topological polar surface area (TPSA) is 46.5 Å². The van der Waals surface area contributed by atoms with Crippen LogP contribution >= 0.6 is 0 Å². The third kappa shape index (κ3) is 1.85. The van der Waals surface area contributed by atoms with Gasteiger partial charge in [-0.2, -0.15) is 0 Å². The molecule has 0 aromatic heterocycles. The van der Waals surface area contributed by atoms with E-state index in [1.807, 2.05) is 0 Å². The van der Waals surface area contributed by atoms with Crippen LogP contribution in [0.3, 0.4) is 0 Å². The molecule has 0 atom stereocenters. The minimum atomic E-state index is -1.09. The van der Waals surface area contributed by atoms with Gasteiger partial charge in [0, 0.05) is 11.1 Å². The summed E-state index contributed by atoms with van der Waals surface area (Å²) in [6, 6.07) is 6.53. The molecule has 3 nitrogen and oxygen atoms in total. The van der Waals surface area contributed by atoms with E-state index in [1.54, 1.807) is 24.3 Å². The quantitative estimate of drug-likeness (QED) is 0.885. The molecule has 1 N–H and O–H groups in total. The van der Waals surface area contributed by atoms with Crippen molar-refractivity contribution in [2.75, 3.05) is 0 Å². The lowest BCUT2D eigenvalue weighted by Gasteiger charge is -2.13. The number of benzene rings is 1. The third-order valence-corrected chi connectivity index (χ3v) is 3.36. The van der Waals surface area contributed by atoms with Crippen molar-refractivity contribution in [1.29, 1.82) is 0 Å². The number of carboxylic acid groups (broad SMARTS) is 1. The number of aliphatic carboxylic acids is 1. The number of carboxylic acids is 1. The van der Waals surface area contributed by atoms with Gasteiger partial charge in [-0.15, -0.1) is 0 Å². The first-order valence-electron chi connectivity index (χ1n) is 5.96. The van der Waals surface area contributed by atoms with Crippen molar-refractivity contribution in [2.24, 2.45) is 0 Å².